The molecule has 0 saturated heterocycles. The number of amides is 1. The summed E-state index contributed by atoms with van der Waals surface area (Å²) in [5.41, 5.74) is 2.27. The first kappa shape index (κ1) is 15.7. The smallest absolute Gasteiger partial charge is 0.224 e. The lowest BCUT2D eigenvalue weighted by Crippen LogP contribution is -2.10. The maximum Gasteiger partial charge on any atom is 0.224 e. The second-order valence-electron chi connectivity index (χ2n) is 5.16. The highest BCUT2D eigenvalue weighted by Gasteiger charge is 2.02. The third-order valence-corrected chi connectivity index (χ3v) is 3.31. The van der Waals surface area contributed by atoms with E-state index in [9.17, 15) is 4.79 Å². The van der Waals surface area contributed by atoms with Gasteiger partial charge in [-0.25, -0.2) is 0 Å². The zero-order chi connectivity index (χ0) is 13.9. The second kappa shape index (κ2) is 9.60. The van der Waals surface area contributed by atoms with Gasteiger partial charge in [0.1, 0.15) is 0 Å². The number of anilines is 1. The molecular formula is C17H27NO. The molecule has 2 heteroatoms. The van der Waals surface area contributed by atoms with Crippen LogP contribution in [0.3, 0.4) is 0 Å². The summed E-state index contributed by atoms with van der Waals surface area (Å²) in [7, 11) is 0. The standard InChI is InChI=1S/C17H27NO/c1-3-5-7-8-10-17(19)18-16-13-11-15(12-14-16)9-6-4-2/h11-14H,3-10H2,1-2H3,(H,18,19). The number of carbonyl (C=O) groups is 1. The van der Waals surface area contributed by atoms with Crippen molar-refractivity contribution < 1.29 is 4.79 Å². The Morgan fingerprint density at radius 3 is 2.26 bits per heavy atom. The van der Waals surface area contributed by atoms with E-state index in [1.807, 2.05) is 12.1 Å². The highest BCUT2D eigenvalue weighted by molar-refractivity contribution is 5.90. The SMILES string of the molecule is CCCCCCC(=O)Nc1ccc(CCCC)cc1. The molecule has 0 saturated carbocycles. The molecule has 0 aliphatic heterocycles. The van der Waals surface area contributed by atoms with E-state index in [1.54, 1.807) is 0 Å². The van der Waals surface area contributed by atoms with Gasteiger partial charge in [0.25, 0.3) is 0 Å². The van der Waals surface area contributed by atoms with Gasteiger partial charge < -0.3 is 5.32 Å². The Kier molecular flexibility index (Phi) is 7.95. The fourth-order valence-corrected chi connectivity index (χ4v) is 2.07. The fourth-order valence-electron chi connectivity index (χ4n) is 2.07. The van der Waals surface area contributed by atoms with E-state index < -0.39 is 0 Å². The molecule has 0 aliphatic carbocycles. The minimum Gasteiger partial charge on any atom is -0.326 e. The van der Waals surface area contributed by atoms with Crippen LogP contribution >= 0.6 is 0 Å². The van der Waals surface area contributed by atoms with Gasteiger partial charge in [-0.05, 0) is 37.0 Å². The lowest BCUT2D eigenvalue weighted by molar-refractivity contribution is -0.116. The molecule has 0 heterocycles. The molecular weight excluding hydrogens is 234 g/mol. The lowest BCUT2D eigenvalue weighted by Gasteiger charge is -2.06. The van der Waals surface area contributed by atoms with Crippen LogP contribution in [0, 0.1) is 0 Å². The second-order valence-corrected chi connectivity index (χ2v) is 5.16. The van der Waals surface area contributed by atoms with Crippen molar-refractivity contribution in [3.63, 3.8) is 0 Å². The Morgan fingerprint density at radius 1 is 0.947 bits per heavy atom. The largest absolute Gasteiger partial charge is 0.326 e. The molecule has 0 fully saturated rings. The Hall–Kier alpha value is -1.31. The third-order valence-electron chi connectivity index (χ3n) is 3.31. The van der Waals surface area contributed by atoms with Gasteiger partial charge in [0.2, 0.25) is 5.91 Å². The lowest BCUT2D eigenvalue weighted by atomic mass is 10.1. The number of nitrogens with one attached hydrogen (secondary N) is 1. The molecule has 0 aliphatic rings. The van der Waals surface area contributed by atoms with Gasteiger partial charge in [0.15, 0.2) is 0 Å². The fraction of sp³-hybridized carbons (Fsp3) is 0.588. The Balaban J connectivity index is 2.29. The molecule has 1 amide bonds. The van der Waals surface area contributed by atoms with Crippen LogP contribution < -0.4 is 5.32 Å². The third kappa shape index (κ3) is 7.00. The van der Waals surface area contributed by atoms with Gasteiger partial charge in [-0.15, -0.1) is 0 Å². The number of unbranched alkanes of at least 4 members (excludes halogenated alkanes) is 4. The summed E-state index contributed by atoms with van der Waals surface area (Å²) in [6, 6.07) is 8.24. The monoisotopic (exact) mass is 261 g/mol. The summed E-state index contributed by atoms with van der Waals surface area (Å²) in [5.74, 6) is 0.136. The van der Waals surface area contributed by atoms with Gasteiger partial charge in [0, 0.05) is 12.1 Å². The van der Waals surface area contributed by atoms with Crippen molar-refractivity contribution in [2.45, 2.75) is 65.2 Å². The number of benzene rings is 1. The summed E-state index contributed by atoms with van der Waals surface area (Å²) in [5, 5.41) is 2.96. The van der Waals surface area contributed by atoms with E-state index in [-0.39, 0.29) is 5.91 Å². The molecule has 19 heavy (non-hydrogen) atoms. The van der Waals surface area contributed by atoms with Crippen LogP contribution in [0.4, 0.5) is 5.69 Å². The van der Waals surface area contributed by atoms with Crippen LogP contribution in [0.2, 0.25) is 0 Å². The first-order valence-electron chi connectivity index (χ1n) is 7.65. The summed E-state index contributed by atoms with van der Waals surface area (Å²) in [4.78, 5) is 11.7. The minimum absolute atomic E-state index is 0.136. The molecule has 0 radical (unpaired) electrons. The van der Waals surface area contributed by atoms with Crippen LogP contribution in [0.1, 0.15) is 64.4 Å². The van der Waals surface area contributed by atoms with Crippen molar-refractivity contribution >= 4 is 11.6 Å². The molecule has 1 rings (SSSR count). The molecule has 1 N–H and O–H groups in total. The molecule has 0 atom stereocenters. The number of carbonyl (C=O) groups excluding carboxylic acids is 1. The van der Waals surface area contributed by atoms with Crippen LogP contribution in [0.5, 0.6) is 0 Å². The van der Waals surface area contributed by atoms with Crippen molar-refractivity contribution in [3.8, 4) is 0 Å². The highest BCUT2D eigenvalue weighted by Crippen LogP contribution is 2.12. The van der Waals surface area contributed by atoms with Crippen molar-refractivity contribution in [2.75, 3.05) is 5.32 Å². The highest BCUT2D eigenvalue weighted by atomic mass is 16.1. The summed E-state index contributed by atoms with van der Waals surface area (Å²) >= 11 is 0. The van der Waals surface area contributed by atoms with E-state index in [0.29, 0.717) is 6.42 Å². The first-order chi connectivity index (χ1) is 9.26. The molecule has 1 aromatic rings. The van der Waals surface area contributed by atoms with Gasteiger partial charge in [0.05, 0.1) is 0 Å². The van der Waals surface area contributed by atoms with E-state index >= 15 is 0 Å². The van der Waals surface area contributed by atoms with E-state index in [0.717, 1.165) is 24.9 Å². The maximum absolute atomic E-state index is 11.7. The van der Waals surface area contributed by atoms with Crippen LogP contribution in [0.25, 0.3) is 0 Å². The van der Waals surface area contributed by atoms with E-state index in [1.165, 1.54) is 31.2 Å². The van der Waals surface area contributed by atoms with Crippen LogP contribution in [0.15, 0.2) is 24.3 Å². The molecule has 106 valence electrons. The minimum atomic E-state index is 0.136. The van der Waals surface area contributed by atoms with E-state index in [2.05, 4.69) is 31.3 Å². The average molecular weight is 261 g/mol. The summed E-state index contributed by atoms with van der Waals surface area (Å²) in [6.07, 6.45) is 8.78. The Morgan fingerprint density at radius 2 is 1.63 bits per heavy atom. The molecule has 0 aromatic heterocycles. The Bertz CT molecular complexity index is 356. The molecule has 0 unspecified atom stereocenters. The number of hydrogen-bond donors (Lipinski definition) is 1. The molecule has 2 nitrogen and oxygen atoms in total. The zero-order valence-corrected chi connectivity index (χ0v) is 12.4. The normalized spacial score (nSPS) is 10.4. The summed E-state index contributed by atoms with van der Waals surface area (Å²) in [6.45, 7) is 4.38. The molecule has 0 bridgehead atoms. The topological polar surface area (TPSA) is 29.1 Å². The van der Waals surface area contributed by atoms with Gasteiger partial charge >= 0.3 is 0 Å². The Labute approximate surface area is 117 Å². The van der Waals surface area contributed by atoms with E-state index in [4.69, 9.17) is 0 Å². The number of aryl methyl sites for hydroxylation is 1. The van der Waals surface area contributed by atoms with Crippen molar-refractivity contribution in [3.05, 3.63) is 29.8 Å². The van der Waals surface area contributed by atoms with Crippen molar-refractivity contribution in [1.29, 1.82) is 0 Å². The van der Waals surface area contributed by atoms with Crippen LogP contribution in [-0.2, 0) is 11.2 Å². The molecule has 0 spiro atoms. The predicted molar refractivity (Wildman–Crippen MR) is 82.4 cm³/mol. The number of hydrogen-bond acceptors (Lipinski definition) is 1. The van der Waals surface area contributed by atoms with Crippen molar-refractivity contribution in [2.24, 2.45) is 0 Å². The van der Waals surface area contributed by atoms with Crippen molar-refractivity contribution in [1.82, 2.24) is 0 Å². The number of rotatable bonds is 9. The summed E-state index contributed by atoms with van der Waals surface area (Å²) < 4.78 is 0. The van der Waals surface area contributed by atoms with Gasteiger partial charge in [-0.1, -0.05) is 51.7 Å². The quantitative estimate of drug-likeness (QED) is 0.627. The van der Waals surface area contributed by atoms with Crippen LogP contribution in [-0.4, -0.2) is 5.91 Å². The maximum atomic E-state index is 11.7. The average Bonchev–Trinajstić information content (AvgIpc) is 2.43. The predicted octanol–water partition coefficient (Wildman–Crippen LogP) is 4.94. The van der Waals surface area contributed by atoms with Gasteiger partial charge in [-0.3, -0.25) is 4.79 Å². The molecule has 1 aromatic carbocycles. The van der Waals surface area contributed by atoms with Gasteiger partial charge in [-0.2, -0.15) is 0 Å². The zero-order valence-electron chi connectivity index (χ0n) is 12.4. The first-order valence-corrected chi connectivity index (χ1v) is 7.65.